The molecule has 1 atom stereocenters. The number of hydrogen-bond donors (Lipinski definition) is 2. The first kappa shape index (κ1) is 25.3. The van der Waals surface area contributed by atoms with Crippen molar-refractivity contribution in [1.29, 1.82) is 0 Å². The molecule has 2 amide bonds. The number of amides is 2. The molecule has 0 spiro atoms. The molecule has 4 rings (SSSR count). The number of rotatable bonds is 7. The SMILES string of the molecule is COc1ccccc1C1/C(=C(\O)c2c(OC)cccc2OC)C(=O)C(=O)N1c1ccc(NC(C)=O)cc1. The molecule has 1 unspecified atom stereocenters. The highest BCUT2D eigenvalue weighted by molar-refractivity contribution is 6.51. The van der Waals surface area contributed by atoms with E-state index < -0.39 is 23.5 Å². The van der Waals surface area contributed by atoms with Gasteiger partial charge in [0.15, 0.2) is 0 Å². The Labute approximate surface area is 213 Å². The quantitative estimate of drug-likeness (QED) is 0.281. The van der Waals surface area contributed by atoms with Gasteiger partial charge in [0.05, 0.1) is 32.9 Å². The summed E-state index contributed by atoms with van der Waals surface area (Å²) in [5.74, 6) is -1.45. The third-order valence-electron chi connectivity index (χ3n) is 6.01. The summed E-state index contributed by atoms with van der Waals surface area (Å²) in [5, 5.41) is 14.2. The van der Waals surface area contributed by atoms with Crippen LogP contribution in [0.25, 0.3) is 5.76 Å². The summed E-state index contributed by atoms with van der Waals surface area (Å²) in [5.41, 5.74) is 1.40. The molecule has 37 heavy (non-hydrogen) atoms. The number of nitrogens with zero attached hydrogens (tertiary/aromatic N) is 1. The second-order valence-corrected chi connectivity index (χ2v) is 8.18. The first-order valence-electron chi connectivity index (χ1n) is 11.3. The Hall–Kier alpha value is -4.79. The first-order valence-corrected chi connectivity index (χ1v) is 11.3. The van der Waals surface area contributed by atoms with Crippen molar-refractivity contribution in [3.05, 3.63) is 83.4 Å². The highest BCUT2D eigenvalue weighted by Gasteiger charge is 2.48. The molecule has 190 valence electrons. The van der Waals surface area contributed by atoms with E-state index >= 15 is 0 Å². The number of carbonyl (C=O) groups is 3. The Balaban J connectivity index is 1.98. The van der Waals surface area contributed by atoms with Gasteiger partial charge in [0.2, 0.25) is 5.91 Å². The van der Waals surface area contributed by atoms with Crippen LogP contribution in [-0.2, 0) is 14.4 Å². The van der Waals surface area contributed by atoms with Crippen molar-refractivity contribution in [1.82, 2.24) is 0 Å². The molecule has 0 saturated carbocycles. The smallest absolute Gasteiger partial charge is 0.300 e. The van der Waals surface area contributed by atoms with Gasteiger partial charge in [-0.15, -0.1) is 0 Å². The van der Waals surface area contributed by atoms with Crippen LogP contribution in [0.4, 0.5) is 11.4 Å². The largest absolute Gasteiger partial charge is 0.506 e. The minimum Gasteiger partial charge on any atom is -0.506 e. The Bertz CT molecular complexity index is 1370. The number of benzene rings is 3. The fraction of sp³-hybridized carbons (Fsp3) is 0.179. The summed E-state index contributed by atoms with van der Waals surface area (Å²) in [6.07, 6.45) is 0. The van der Waals surface area contributed by atoms with Gasteiger partial charge in [0.25, 0.3) is 11.7 Å². The number of Topliss-reactive ketones (excluding diaryl/α,β-unsaturated/α-hetero) is 1. The van der Waals surface area contributed by atoms with E-state index in [0.717, 1.165) is 0 Å². The zero-order valence-corrected chi connectivity index (χ0v) is 20.8. The van der Waals surface area contributed by atoms with Crippen molar-refractivity contribution in [3.63, 3.8) is 0 Å². The van der Waals surface area contributed by atoms with Gasteiger partial charge in [-0.3, -0.25) is 19.3 Å². The van der Waals surface area contributed by atoms with Crippen LogP contribution in [0, 0.1) is 0 Å². The molecule has 9 heteroatoms. The Morgan fingerprint density at radius 1 is 0.838 bits per heavy atom. The lowest BCUT2D eigenvalue weighted by Crippen LogP contribution is -2.29. The van der Waals surface area contributed by atoms with Gasteiger partial charge in [-0.1, -0.05) is 24.3 Å². The lowest BCUT2D eigenvalue weighted by atomic mass is 9.94. The van der Waals surface area contributed by atoms with Crippen LogP contribution in [0.15, 0.2) is 72.3 Å². The molecule has 3 aromatic carbocycles. The molecule has 9 nitrogen and oxygen atoms in total. The van der Waals surface area contributed by atoms with E-state index in [9.17, 15) is 19.5 Å². The number of ketones is 1. The number of carbonyl (C=O) groups excluding carboxylic acids is 3. The average Bonchev–Trinajstić information content (AvgIpc) is 3.17. The highest BCUT2D eigenvalue weighted by atomic mass is 16.5. The van der Waals surface area contributed by atoms with E-state index in [0.29, 0.717) is 22.7 Å². The molecule has 1 saturated heterocycles. The van der Waals surface area contributed by atoms with Crippen LogP contribution in [0.3, 0.4) is 0 Å². The van der Waals surface area contributed by atoms with Crippen molar-refractivity contribution in [2.45, 2.75) is 13.0 Å². The summed E-state index contributed by atoms with van der Waals surface area (Å²) < 4.78 is 16.4. The summed E-state index contributed by atoms with van der Waals surface area (Å²) >= 11 is 0. The van der Waals surface area contributed by atoms with E-state index in [1.54, 1.807) is 66.7 Å². The topological polar surface area (TPSA) is 114 Å². The number of anilines is 2. The number of aliphatic hydroxyl groups is 1. The van der Waals surface area contributed by atoms with Gasteiger partial charge >= 0.3 is 0 Å². The number of hydrogen-bond acceptors (Lipinski definition) is 7. The Morgan fingerprint density at radius 2 is 1.41 bits per heavy atom. The molecule has 0 radical (unpaired) electrons. The number of methoxy groups -OCH3 is 3. The van der Waals surface area contributed by atoms with Gasteiger partial charge in [0.1, 0.15) is 28.6 Å². The van der Waals surface area contributed by atoms with Gasteiger partial charge in [-0.25, -0.2) is 0 Å². The van der Waals surface area contributed by atoms with Crippen LogP contribution in [0.1, 0.15) is 24.1 Å². The van der Waals surface area contributed by atoms with Crippen molar-refractivity contribution in [3.8, 4) is 17.2 Å². The van der Waals surface area contributed by atoms with Crippen molar-refractivity contribution >= 4 is 34.7 Å². The van der Waals surface area contributed by atoms with Crippen LogP contribution < -0.4 is 24.4 Å². The third kappa shape index (κ3) is 4.58. The van der Waals surface area contributed by atoms with Crippen LogP contribution in [0.2, 0.25) is 0 Å². The van der Waals surface area contributed by atoms with Gasteiger partial charge in [-0.2, -0.15) is 0 Å². The molecule has 0 aromatic heterocycles. The standard InChI is InChI=1S/C28H26N2O7/c1-16(31)29-17-12-14-18(15-13-17)30-25(19-8-5-6-9-20(19)35-2)24(27(33)28(30)34)26(32)23-21(36-3)10-7-11-22(23)37-4/h5-15,25,32H,1-4H3,(H,29,31)/b26-24+. The molecule has 0 bridgehead atoms. The normalized spacial score (nSPS) is 16.4. The molecular weight excluding hydrogens is 476 g/mol. The molecule has 3 aromatic rings. The number of para-hydroxylation sites is 1. The Kier molecular flexibility index (Phi) is 7.15. The van der Waals surface area contributed by atoms with Gasteiger partial charge < -0.3 is 24.6 Å². The predicted molar refractivity (Wildman–Crippen MR) is 138 cm³/mol. The predicted octanol–water partition coefficient (Wildman–Crippen LogP) is 4.30. The minimum absolute atomic E-state index is 0.145. The molecule has 1 fully saturated rings. The number of nitrogens with one attached hydrogen (secondary N) is 1. The average molecular weight is 503 g/mol. The van der Waals surface area contributed by atoms with E-state index in [4.69, 9.17) is 14.2 Å². The maximum atomic E-state index is 13.5. The maximum absolute atomic E-state index is 13.5. The molecule has 2 N–H and O–H groups in total. The third-order valence-corrected chi connectivity index (χ3v) is 6.01. The Morgan fingerprint density at radius 3 is 1.97 bits per heavy atom. The molecule has 0 aliphatic carbocycles. The van der Waals surface area contributed by atoms with Crippen LogP contribution in [0.5, 0.6) is 17.2 Å². The van der Waals surface area contributed by atoms with E-state index in [2.05, 4.69) is 5.32 Å². The second-order valence-electron chi connectivity index (χ2n) is 8.18. The summed E-state index contributed by atoms with van der Waals surface area (Å²) in [6.45, 7) is 1.39. The molecule has 1 aliphatic rings. The number of ether oxygens (including phenoxy) is 3. The highest BCUT2D eigenvalue weighted by Crippen LogP contribution is 2.47. The second kappa shape index (κ2) is 10.4. The van der Waals surface area contributed by atoms with Crippen LogP contribution >= 0.6 is 0 Å². The molecule has 1 aliphatic heterocycles. The maximum Gasteiger partial charge on any atom is 0.300 e. The van der Waals surface area contributed by atoms with Crippen LogP contribution in [-0.4, -0.2) is 44.0 Å². The monoisotopic (exact) mass is 502 g/mol. The fourth-order valence-electron chi connectivity index (χ4n) is 4.41. The molecule has 1 heterocycles. The van der Waals surface area contributed by atoms with Gasteiger partial charge in [0, 0.05) is 23.9 Å². The number of aliphatic hydroxyl groups excluding tert-OH is 1. The summed E-state index contributed by atoms with van der Waals surface area (Å²) in [4.78, 5) is 39.7. The van der Waals surface area contributed by atoms with E-state index in [1.165, 1.54) is 33.2 Å². The lowest BCUT2D eigenvalue weighted by Gasteiger charge is -2.27. The van der Waals surface area contributed by atoms with Gasteiger partial charge in [-0.05, 0) is 42.5 Å². The molecular formula is C28H26N2O7. The zero-order valence-electron chi connectivity index (χ0n) is 20.8. The summed E-state index contributed by atoms with van der Waals surface area (Å²) in [7, 11) is 4.34. The van der Waals surface area contributed by atoms with Crippen molar-refractivity contribution in [2.75, 3.05) is 31.5 Å². The summed E-state index contributed by atoms with van der Waals surface area (Å²) in [6, 6.07) is 17.3. The van der Waals surface area contributed by atoms with Crippen molar-refractivity contribution in [2.24, 2.45) is 0 Å². The van der Waals surface area contributed by atoms with Crippen molar-refractivity contribution < 1.29 is 33.7 Å². The zero-order chi connectivity index (χ0) is 26.7. The minimum atomic E-state index is -1.03. The first-order chi connectivity index (χ1) is 17.8. The lowest BCUT2D eigenvalue weighted by molar-refractivity contribution is -0.132. The van der Waals surface area contributed by atoms with E-state index in [1.807, 2.05) is 0 Å². The van der Waals surface area contributed by atoms with E-state index in [-0.39, 0.29) is 28.5 Å². The fourth-order valence-corrected chi connectivity index (χ4v) is 4.41.